The van der Waals surface area contributed by atoms with Gasteiger partial charge in [0.1, 0.15) is 0 Å². The van der Waals surface area contributed by atoms with Crippen LogP contribution in [0.15, 0.2) is 24.3 Å². The second-order valence-corrected chi connectivity index (χ2v) is 6.22. The third-order valence-corrected chi connectivity index (χ3v) is 4.85. The summed E-state index contributed by atoms with van der Waals surface area (Å²) in [7, 11) is 0. The molecule has 1 aromatic carbocycles. The minimum atomic E-state index is 0.633. The summed E-state index contributed by atoms with van der Waals surface area (Å²) in [5.41, 5.74) is 3.34. The van der Waals surface area contributed by atoms with Gasteiger partial charge in [-0.2, -0.15) is 0 Å². The van der Waals surface area contributed by atoms with Crippen molar-refractivity contribution >= 4 is 5.69 Å². The summed E-state index contributed by atoms with van der Waals surface area (Å²) in [6.45, 7) is 8.20. The zero-order chi connectivity index (χ0) is 13.8. The van der Waals surface area contributed by atoms with Crippen LogP contribution in [-0.4, -0.2) is 32.8 Å². The Kier molecular flexibility index (Phi) is 4.27. The lowest BCUT2D eigenvalue weighted by Gasteiger charge is -2.29. The number of hydrogen-bond acceptors (Lipinski definition) is 3. The number of hydrogen-bond donors (Lipinski definition) is 1. The van der Waals surface area contributed by atoms with E-state index in [4.69, 9.17) is 4.74 Å². The van der Waals surface area contributed by atoms with Gasteiger partial charge in [-0.3, -0.25) is 0 Å². The molecular formula is C17H26N2O. The molecule has 3 heteroatoms. The molecule has 1 aliphatic carbocycles. The normalized spacial score (nSPS) is 20.9. The number of morpholine rings is 1. The van der Waals surface area contributed by atoms with Crippen molar-refractivity contribution in [1.82, 2.24) is 5.32 Å². The molecule has 110 valence electrons. The molecule has 0 radical (unpaired) electrons. The van der Waals surface area contributed by atoms with Gasteiger partial charge in [-0.15, -0.1) is 0 Å². The molecule has 0 amide bonds. The van der Waals surface area contributed by atoms with Crippen LogP contribution in [0.4, 0.5) is 5.69 Å². The molecule has 3 nitrogen and oxygen atoms in total. The zero-order valence-electron chi connectivity index (χ0n) is 12.5. The van der Waals surface area contributed by atoms with Gasteiger partial charge in [0.25, 0.3) is 0 Å². The van der Waals surface area contributed by atoms with E-state index in [0.717, 1.165) is 32.8 Å². The van der Waals surface area contributed by atoms with Crippen LogP contribution in [0.3, 0.4) is 0 Å². The van der Waals surface area contributed by atoms with E-state index in [1.807, 2.05) is 0 Å². The van der Waals surface area contributed by atoms with E-state index in [1.165, 1.54) is 37.1 Å². The molecule has 2 fully saturated rings. The second kappa shape index (κ2) is 6.15. The van der Waals surface area contributed by atoms with Gasteiger partial charge < -0.3 is 15.0 Å². The van der Waals surface area contributed by atoms with E-state index in [0.29, 0.717) is 5.41 Å². The third kappa shape index (κ3) is 3.33. The Morgan fingerprint density at radius 1 is 1.15 bits per heavy atom. The van der Waals surface area contributed by atoms with E-state index < -0.39 is 0 Å². The molecule has 2 aliphatic rings. The summed E-state index contributed by atoms with van der Waals surface area (Å²) in [5.74, 6) is 0. The summed E-state index contributed by atoms with van der Waals surface area (Å²) >= 11 is 0. The topological polar surface area (TPSA) is 24.5 Å². The summed E-state index contributed by atoms with van der Waals surface area (Å²) in [5, 5.41) is 3.62. The molecule has 0 spiro atoms. The fraction of sp³-hybridized carbons (Fsp3) is 0.647. The van der Waals surface area contributed by atoms with Gasteiger partial charge in [0, 0.05) is 31.9 Å². The predicted octanol–water partition coefficient (Wildman–Crippen LogP) is 2.80. The Balaban J connectivity index is 1.48. The van der Waals surface area contributed by atoms with Crippen LogP contribution in [0.2, 0.25) is 0 Å². The molecule has 1 aliphatic heterocycles. The molecule has 0 atom stereocenters. The summed E-state index contributed by atoms with van der Waals surface area (Å²) in [6.07, 6.45) is 4.13. The van der Waals surface area contributed by atoms with Crippen molar-refractivity contribution < 1.29 is 4.74 Å². The van der Waals surface area contributed by atoms with Gasteiger partial charge >= 0.3 is 0 Å². The number of nitrogens with one attached hydrogen (secondary N) is 1. The largest absolute Gasteiger partial charge is 0.378 e. The first kappa shape index (κ1) is 13.9. The smallest absolute Gasteiger partial charge is 0.0642 e. The third-order valence-electron chi connectivity index (χ3n) is 4.85. The molecular weight excluding hydrogens is 248 g/mol. The molecule has 0 aromatic heterocycles. The highest BCUT2D eigenvalue weighted by atomic mass is 16.5. The maximum Gasteiger partial charge on any atom is 0.0642 e. The monoisotopic (exact) mass is 274 g/mol. The van der Waals surface area contributed by atoms with Crippen molar-refractivity contribution in [3.8, 4) is 0 Å². The summed E-state index contributed by atoms with van der Waals surface area (Å²) in [6, 6.07) is 9.00. The molecule has 3 rings (SSSR count). The van der Waals surface area contributed by atoms with Gasteiger partial charge in [0.2, 0.25) is 0 Å². The van der Waals surface area contributed by atoms with Crippen LogP contribution in [0, 0.1) is 5.41 Å². The summed E-state index contributed by atoms with van der Waals surface area (Å²) in [4.78, 5) is 2.40. The van der Waals surface area contributed by atoms with Crippen molar-refractivity contribution in [2.24, 2.45) is 5.41 Å². The minimum absolute atomic E-state index is 0.633. The van der Waals surface area contributed by atoms with Crippen molar-refractivity contribution in [2.45, 2.75) is 32.7 Å². The maximum atomic E-state index is 5.39. The SMILES string of the molecule is CCC1(CNCc2ccc(N3CCOCC3)cc2)CC1. The van der Waals surface area contributed by atoms with Crippen molar-refractivity contribution in [3.05, 3.63) is 29.8 Å². The van der Waals surface area contributed by atoms with Crippen molar-refractivity contribution in [1.29, 1.82) is 0 Å². The number of nitrogens with zero attached hydrogens (tertiary/aromatic N) is 1. The predicted molar refractivity (Wildman–Crippen MR) is 83.1 cm³/mol. The quantitative estimate of drug-likeness (QED) is 0.863. The van der Waals surface area contributed by atoms with Gasteiger partial charge in [-0.05, 0) is 42.4 Å². The molecule has 1 saturated carbocycles. The van der Waals surface area contributed by atoms with E-state index in [2.05, 4.69) is 41.4 Å². The Hall–Kier alpha value is -1.06. The number of anilines is 1. The Bertz CT molecular complexity index is 419. The number of benzene rings is 1. The average molecular weight is 274 g/mol. The molecule has 0 bridgehead atoms. The Morgan fingerprint density at radius 3 is 2.45 bits per heavy atom. The van der Waals surface area contributed by atoms with Gasteiger partial charge in [-0.1, -0.05) is 19.1 Å². The van der Waals surface area contributed by atoms with Crippen molar-refractivity contribution in [2.75, 3.05) is 37.7 Å². The lowest BCUT2D eigenvalue weighted by Crippen LogP contribution is -2.36. The molecule has 1 saturated heterocycles. The standard InChI is InChI=1S/C17H26N2O/c1-2-17(7-8-17)14-18-13-15-3-5-16(6-4-15)19-9-11-20-12-10-19/h3-6,18H,2,7-14H2,1H3. The minimum Gasteiger partial charge on any atom is -0.378 e. The molecule has 1 heterocycles. The molecule has 20 heavy (non-hydrogen) atoms. The fourth-order valence-corrected chi connectivity index (χ4v) is 2.95. The first-order valence-corrected chi connectivity index (χ1v) is 7.94. The highest BCUT2D eigenvalue weighted by Gasteiger charge is 2.39. The van der Waals surface area contributed by atoms with E-state index in [1.54, 1.807) is 0 Å². The highest BCUT2D eigenvalue weighted by Crippen LogP contribution is 2.47. The van der Waals surface area contributed by atoms with E-state index in [-0.39, 0.29) is 0 Å². The highest BCUT2D eigenvalue weighted by molar-refractivity contribution is 5.47. The Labute approximate surface area is 122 Å². The van der Waals surface area contributed by atoms with Crippen LogP contribution in [0.25, 0.3) is 0 Å². The van der Waals surface area contributed by atoms with Crippen LogP contribution < -0.4 is 10.2 Å². The fourth-order valence-electron chi connectivity index (χ4n) is 2.95. The summed E-state index contributed by atoms with van der Waals surface area (Å²) < 4.78 is 5.39. The lowest BCUT2D eigenvalue weighted by molar-refractivity contribution is 0.122. The molecule has 1 aromatic rings. The molecule has 0 unspecified atom stereocenters. The van der Waals surface area contributed by atoms with Crippen LogP contribution in [0.1, 0.15) is 31.7 Å². The van der Waals surface area contributed by atoms with Crippen LogP contribution >= 0.6 is 0 Å². The van der Waals surface area contributed by atoms with Gasteiger partial charge in [0.15, 0.2) is 0 Å². The van der Waals surface area contributed by atoms with E-state index in [9.17, 15) is 0 Å². The average Bonchev–Trinajstić information content (AvgIpc) is 3.29. The number of rotatable bonds is 6. The van der Waals surface area contributed by atoms with Gasteiger partial charge in [0.05, 0.1) is 13.2 Å². The first-order valence-electron chi connectivity index (χ1n) is 7.94. The van der Waals surface area contributed by atoms with E-state index >= 15 is 0 Å². The maximum absolute atomic E-state index is 5.39. The second-order valence-electron chi connectivity index (χ2n) is 6.22. The molecule has 1 N–H and O–H groups in total. The lowest BCUT2D eigenvalue weighted by atomic mass is 10.0. The van der Waals surface area contributed by atoms with Crippen LogP contribution in [0.5, 0.6) is 0 Å². The first-order chi connectivity index (χ1) is 9.81. The Morgan fingerprint density at radius 2 is 1.85 bits per heavy atom. The van der Waals surface area contributed by atoms with Crippen LogP contribution in [-0.2, 0) is 11.3 Å². The number of ether oxygens (including phenoxy) is 1. The zero-order valence-corrected chi connectivity index (χ0v) is 12.5. The van der Waals surface area contributed by atoms with Gasteiger partial charge in [-0.25, -0.2) is 0 Å². The van der Waals surface area contributed by atoms with Crippen molar-refractivity contribution in [3.63, 3.8) is 0 Å².